The molecule has 178 valence electrons. The van der Waals surface area contributed by atoms with Gasteiger partial charge in [-0.2, -0.15) is 0 Å². The minimum atomic E-state index is -0.181. The molecule has 34 heavy (non-hydrogen) atoms. The Balaban J connectivity index is 2.03. The van der Waals surface area contributed by atoms with Gasteiger partial charge in [-0.3, -0.25) is 0 Å². The number of aromatic amines is 1. The van der Waals surface area contributed by atoms with Crippen LogP contribution in [-0.2, 0) is 10.8 Å². The van der Waals surface area contributed by atoms with E-state index in [1.54, 1.807) is 0 Å². The molecule has 1 atom stereocenters. The van der Waals surface area contributed by atoms with Crippen LogP contribution in [-0.4, -0.2) is 24.2 Å². The number of benzene rings is 3. The highest BCUT2D eigenvalue weighted by atomic mass is 16.3. The van der Waals surface area contributed by atoms with E-state index in [0.29, 0.717) is 5.75 Å². The summed E-state index contributed by atoms with van der Waals surface area (Å²) in [5.41, 5.74) is 7.62. The quantitative estimate of drug-likeness (QED) is 0.331. The molecule has 3 nitrogen and oxygen atoms in total. The first-order valence-corrected chi connectivity index (χ1v) is 12.1. The van der Waals surface area contributed by atoms with Crippen LogP contribution < -0.4 is 4.90 Å². The summed E-state index contributed by atoms with van der Waals surface area (Å²) >= 11 is 0. The molecule has 4 aromatic rings. The van der Waals surface area contributed by atoms with Crippen LogP contribution in [0.5, 0.6) is 5.75 Å². The normalized spacial score (nSPS) is 13.3. The smallest absolute Gasteiger partial charge is 0.123 e. The Morgan fingerprint density at radius 1 is 0.765 bits per heavy atom. The molecule has 0 bridgehead atoms. The number of nitrogens with zero attached hydrogens (tertiary/aromatic N) is 1. The summed E-state index contributed by atoms with van der Waals surface area (Å²) in [5, 5.41) is 12.6. The summed E-state index contributed by atoms with van der Waals surface area (Å²) in [6.45, 7) is 13.0. The molecule has 0 aliphatic carbocycles. The van der Waals surface area contributed by atoms with Crippen molar-refractivity contribution < 1.29 is 5.11 Å². The predicted octanol–water partition coefficient (Wildman–Crippen LogP) is 7.71. The Morgan fingerprint density at radius 2 is 1.32 bits per heavy atom. The number of phenolic OH excluding ortho intramolecular Hbond substituents is 1. The zero-order chi connectivity index (χ0) is 24.8. The van der Waals surface area contributed by atoms with Gasteiger partial charge in [-0.05, 0) is 56.8 Å². The summed E-state index contributed by atoms with van der Waals surface area (Å²) in [7, 11) is 4.13. The molecule has 3 heteroatoms. The van der Waals surface area contributed by atoms with Crippen LogP contribution in [0.4, 0.5) is 5.69 Å². The van der Waals surface area contributed by atoms with Crippen LogP contribution in [0.3, 0.4) is 0 Å². The fraction of sp³-hybridized carbons (Fsp3) is 0.355. The molecule has 0 saturated carbocycles. The number of aromatic hydroxyl groups is 1. The van der Waals surface area contributed by atoms with Crippen molar-refractivity contribution in [3.8, 4) is 5.75 Å². The van der Waals surface area contributed by atoms with Gasteiger partial charge in [0.1, 0.15) is 5.75 Å². The monoisotopic (exact) mass is 454 g/mol. The standard InChI is InChI=1S/C31H38N2O/c1-30(2,3)25-17-21(18-26(29(25)34)31(4,5)6)28(20-13-15-22(16-14-20)33(7)8)24-19-32-27-12-10-9-11-23(24)27/h9-19,28,32,34H,1-8H3/t28-/m0/s1. The van der Waals surface area contributed by atoms with Gasteiger partial charge in [0, 0.05) is 42.8 Å². The number of fused-ring (bicyclic) bond motifs is 1. The summed E-state index contributed by atoms with van der Waals surface area (Å²) in [6.07, 6.45) is 2.15. The molecule has 2 N–H and O–H groups in total. The molecule has 3 aromatic carbocycles. The fourth-order valence-corrected chi connectivity index (χ4v) is 4.82. The Kier molecular flexibility index (Phi) is 6.01. The predicted molar refractivity (Wildman–Crippen MR) is 146 cm³/mol. The maximum Gasteiger partial charge on any atom is 0.123 e. The van der Waals surface area contributed by atoms with Crippen molar-refractivity contribution in [3.05, 3.63) is 94.7 Å². The third kappa shape index (κ3) is 4.44. The second-order valence-electron chi connectivity index (χ2n) is 11.7. The zero-order valence-electron chi connectivity index (χ0n) is 21.8. The van der Waals surface area contributed by atoms with Crippen molar-refractivity contribution >= 4 is 16.6 Å². The largest absolute Gasteiger partial charge is 0.507 e. The number of phenols is 1. The van der Waals surface area contributed by atoms with Crippen LogP contribution in [0.15, 0.2) is 66.9 Å². The fourth-order valence-electron chi connectivity index (χ4n) is 4.82. The van der Waals surface area contributed by atoms with Crippen LogP contribution in [0, 0.1) is 0 Å². The molecule has 0 spiro atoms. The molecule has 0 fully saturated rings. The summed E-state index contributed by atoms with van der Waals surface area (Å²) in [6, 6.07) is 21.8. The molecule has 4 rings (SSSR count). The molecule has 1 aromatic heterocycles. The zero-order valence-corrected chi connectivity index (χ0v) is 21.8. The lowest BCUT2D eigenvalue weighted by Crippen LogP contribution is -2.19. The van der Waals surface area contributed by atoms with E-state index in [9.17, 15) is 5.11 Å². The van der Waals surface area contributed by atoms with Crippen molar-refractivity contribution in [2.24, 2.45) is 0 Å². The van der Waals surface area contributed by atoms with Crippen LogP contribution in [0.2, 0.25) is 0 Å². The van der Waals surface area contributed by atoms with E-state index in [1.807, 2.05) is 0 Å². The highest BCUT2D eigenvalue weighted by molar-refractivity contribution is 5.85. The van der Waals surface area contributed by atoms with E-state index >= 15 is 0 Å². The number of rotatable bonds is 4. The van der Waals surface area contributed by atoms with E-state index in [1.165, 1.54) is 27.8 Å². The highest BCUT2D eigenvalue weighted by Gasteiger charge is 2.30. The number of aromatic nitrogens is 1. The van der Waals surface area contributed by atoms with Gasteiger partial charge >= 0.3 is 0 Å². The number of hydrogen-bond donors (Lipinski definition) is 2. The first kappa shape index (κ1) is 23.9. The van der Waals surface area contributed by atoms with E-state index in [2.05, 4.69) is 132 Å². The van der Waals surface area contributed by atoms with Crippen LogP contribution in [0.25, 0.3) is 10.9 Å². The maximum atomic E-state index is 11.3. The molecule has 0 aliphatic rings. The van der Waals surface area contributed by atoms with Crippen LogP contribution >= 0.6 is 0 Å². The van der Waals surface area contributed by atoms with E-state index in [-0.39, 0.29) is 16.7 Å². The van der Waals surface area contributed by atoms with Gasteiger partial charge in [0.25, 0.3) is 0 Å². The Hall–Kier alpha value is -3.20. The van der Waals surface area contributed by atoms with Crippen LogP contribution in [0.1, 0.15) is 75.3 Å². The summed E-state index contributed by atoms with van der Waals surface area (Å²) in [5.74, 6) is 0.458. The Labute approximate surface area is 204 Å². The highest BCUT2D eigenvalue weighted by Crippen LogP contribution is 2.44. The lowest BCUT2D eigenvalue weighted by Gasteiger charge is -2.30. The molecular weight excluding hydrogens is 416 g/mol. The molecule has 0 saturated heterocycles. The Morgan fingerprint density at radius 3 is 1.85 bits per heavy atom. The lowest BCUT2D eigenvalue weighted by molar-refractivity contribution is 0.422. The first-order valence-electron chi connectivity index (χ1n) is 12.1. The van der Waals surface area contributed by atoms with Gasteiger partial charge in [0.05, 0.1) is 0 Å². The van der Waals surface area contributed by atoms with Gasteiger partial charge < -0.3 is 15.0 Å². The average Bonchev–Trinajstić information content (AvgIpc) is 3.17. The molecular formula is C31H38N2O. The van der Waals surface area contributed by atoms with E-state index < -0.39 is 0 Å². The van der Waals surface area contributed by atoms with E-state index in [0.717, 1.165) is 16.6 Å². The number of nitrogens with one attached hydrogen (secondary N) is 1. The van der Waals surface area contributed by atoms with E-state index in [4.69, 9.17) is 0 Å². The number of hydrogen-bond acceptors (Lipinski definition) is 2. The topological polar surface area (TPSA) is 39.3 Å². The van der Waals surface area contributed by atoms with Crippen molar-refractivity contribution in [1.29, 1.82) is 0 Å². The van der Waals surface area contributed by atoms with Gasteiger partial charge in [-0.25, -0.2) is 0 Å². The third-order valence-electron chi connectivity index (χ3n) is 6.76. The third-order valence-corrected chi connectivity index (χ3v) is 6.76. The van der Waals surface area contributed by atoms with Gasteiger partial charge in [-0.15, -0.1) is 0 Å². The SMILES string of the molecule is CN(C)c1ccc([C@@H](c2cc(C(C)(C)C)c(O)c(C(C)(C)C)c2)c2c[nH]c3ccccc23)cc1. The number of para-hydroxylation sites is 1. The van der Waals surface area contributed by atoms with Gasteiger partial charge in [-0.1, -0.05) is 84.0 Å². The molecule has 1 heterocycles. The molecule has 0 unspecified atom stereocenters. The van der Waals surface area contributed by atoms with Crippen molar-refractivity contribution in [2.75, 3.05) is 19.0 Å². The minimum absolute atomic E-state index is 0.0372. The first-order chi connectivity index (χ1) is 15.9. The minimum Gasteiger partial charge on any atom is -0.507 e. The van der Waals surface area contributed by atoms with Gasteiger partial charge in [0.15, 0.2) is 0 Å². The van der Waals surface area contributed by atoms with Crippen molar-refractivity contribution in [3.63, 3.8) is 0 Å². The second-order valence-corrected chi connectivity index (χ2v) is 11.7. The lowest BCUT2D eigenvalue weighted by atomic mass is 9.75. The molecule has 0 amide bonds. The molecule has 0 aliphatic heterocycles. The van der Waals surface area contributed by atoms with Gasteiger partial charge in [0.2, 0.25) is 0 Å². The number of H-pyrrole nitrogens is 1. The summed E-state index contributed by atoms with van der Waals surface area (Å²) in [4.78, 5) is 5.61. The maximum absolute atomic E-state index is 11.3. The molecule has 0 radical (unpaired) electrons. The summed E-state index contributed by atoms with van der Waals surface area (Å²) < 4.78 is 0. The Bertz CT molecular complexity index is 1260. The van der Waals surface area contributed by atoms with Crippen molar-refractivity contribution in [2.45, 2.75) is 58.3 Å². The number of anilines is 1. The second kappa shape index (κ2) is 8.54. The van der Waals surface area contributed by atoms with Crippen molar-refractivity contribution in [1.82, 2.24) is 4.98 Å². The average molecular weight is 455 g/mol.